The molecule has 1 aromatic rings. The van der Waals surface area contributed by atoms with Crippen LogP contribution in [0.4, 0.5) is 0 Å². The first kappa shape index (κ1) is 13.6. The van der Waals surface area contributed by atoms with E-state index in [0.29, 0.717) is 0 Å². The highest BCUT2D eigenvalue weighted by atomic mass is 16.4. The molecule has 0 saturated heterocycles. The Labute approximate surface area is 110 Å². The van der Waals surface area contributed by atoms with Gasteiger partial charge in [-0.05, 0) is 25.8 Å². The molecule has 0 spiro atoms. The lowest BCUT2D eigenvalue weighted by Crippen LogP contribution is -2.19. The van der Waals surface area contributed by atoms with Crippen LogP contribution in [-0.2, 0) is 6.42 Å². The zero-order chi connectivity index (χ0) is 12.8. The van der Waals surface area contributed by atoms with E-state index in [0.717, 1.165) is 37.0 Å². The van der Waals surface area contributed by atoms with Crippen LogP contribution in [0.3, 0.4) is 0 Å². The monoisotopic (exact) mass is 250 g/mol. The molecule has 0 bridgehead atoms. The second-order valence-corrected chi connectivity index (χ2v) is 5.55. The van der Waals surface area contributed by atoms with Crippen LogP contribution in [-0.4, -0.2) is 11.5 Å². The third kappa shape index (κ3) is 3.84. The van der Waals surface area contributed by atoms with E-state index in [1.165, 1.54) is 32.1 Å². The minimum Gasteiger partial charge on any atom is -0.444 e. The van der Waals surface area contributed by atoms with Crippen molar-refractivity contribution in [2.45, 2.75) is 64.8 Å². The van der Waals surface area contributed by atoms with Gasteiger partial charge in [-0.3, -0.25) is 0 Å². The molecule has 0 radical (unpaired) electrons. The summed E-state index contributed by atoms with van der Waals surface area (Å²) in [5.41, 5.74) is 0. The van der Waals surface area contributed by atoms with Crippen LogP contribution < -0.4 is 5.32 Å². The highest BCUT2D eigenvalue weighted by molar-refractivity contribution is 4.99. The molecule has 0 aromatic carbocycles. The van der Waals surface area contributed by atoms with Gasteiger partial charge in [0.2, 0.25) is 5.89 Å². The summed E-state index contributed by atoms with van der Waals surface area (Å²) in [6.45, 7) is 5.30. The first-order valence-corrected chi connectivity index (χ1v) is 7.47. The summed E-state index contributed by atoms with van der Waals surface area (Å²) in [5.74, 6) is 2.73. The Morgan fingerprint density at radius 1 is 1.39 bits per heavy atom. The van der Waals surface area contributed by atoms with Gasteiger partial charge in [-0.25, -0.2) is 4.98 Å². The summed E-state index contributed by atoms with van der Waals surface area (Å²) in [6, 6.07) is 0.227. The Hall–Kier alpha value is -0.830. The van der Waals surface area contributed by atoms with E-state index >= 15 is 0 Å². The van der Waals surface area contributed by atoms with Gasteiger partial charge in [-0.15, -0.1) is 0 Å². The van der Waals surface area contributed by atoms with E-state index in [4.69, 9.17) is 4.42 Å². The molecule has 1 unspecified atom stereocenters. The quantitative estimate of drug-likeness (QED) is 0.833. The Kier molecular flexibility index (Phi) is 5.24. The summed E-state index contributed by atoms with van der Waals surface area (Å²) in [7, 11) is 0. The molecule has 1 aromatic heterocycles. The van der Waals surface area contributed by atoms with Crippen LogP contribution in [0.1, 0.15) is 70.1 Å². The number of hydrogen-bond donors (Lipinski definition) is 1. The smallest absolute Gasteiger partial charge is 0.211 e. The second kappa shape index (κ2) is 6.93. The van der Waals surface area contributed by atoms with Gasteiger partial charge >= 0.3 is 0 Å². The van der Waals surface area contributed by atoms with Gasteiger partial charge in [0.1, 0.15) is 5.76 Å². The Balaban J connectivity index is 1.84. The van der Waals surface area contributed by atoms with Crippen LogP contribution in [0, 0.1) is 5.92 Å². The van der Waals surface area contributed by atoms with E-state index in [1.807, 2.05) is 6.20 Å². The summed E-state index contributed by atoms with van der Waals surface area (Å²) < 4.78 is 5.87. The number of hydrogen-bond acceptors (Lipinski definition) is 3. The minimum atomic E-state index is 0.227. The zero-order valence-electron chi connectivity index (χ0n) is 11.7. The lowest BCUT2D eigenvalue weighted by atomic mass is 9.86. The maximum atomic E-state index is 5.87. The number of aromatic nitrogens is 1. The first-order chi connectivity index (χ1) is 8.79. The van der Waals surface area contributed by atoms with E-state index < -0.39 is 0 Å². The minimum absolute atomic E-state index is 0.227. The first-order valence-electron chi connectivity index (χ1n) is 7.47. The van der Waals surface area contributed by atoms with Crippen LogP contribution in [0.2, 0.25) is 0 Å². The average Bonchev–Trinajstić information content (AvgIpc) is 2.86. The second-order valence-electron chi connectivity index (χ2n) is 5.55. The molecular weight excluding hydrogens is 224 g/mol. The fourth-order valence-corrected chi connectivity index (χ4v) is 2.74. The number of oxazole rings is 1. The maximum absolute atomic E-state index is 5.87. The van der Waals surface area contributed by atoms with Crippen molar-refractivity contribution < 1.29 is 4.42 Å². The van der Waals surface area contributed by atoms with Crippen molar-refractivity contribution in [2.24, 2.45) is 5.92 Å². The number of rotatable bonds is 6. The SMILES string of the molecule is CCCNC(C)c1ncc(CC2CCCCC2)o1. The largest absolute Gasteiger partial charge is 0.444 e. The topological polar surface area (TPSA) is 38.1 Å². The molecule has 1 N–H and O–H groups in total. The van der Waals surface area contributed by atoms with Crippen LogP contribution in [0.5, 0.6) is 0 Å². The van der Waals surface area contributed by atoms with Gasteiger partial charge < -0.3 is 9.73 Å². The lowest BCUT2D eigenvalue weighted by Gasteiger charge is -2.20. The Morgan fingerprint density at radius 3 is 2.89 bits per heavy atom. The molecule has 0 aliphatic heterocycles. The third-order valence-corrected chi connectivity index (χ3v) is 3.86. The molecule has 1 atom stereocenters. The highest BCUT2D eigenvalue weighted by Crippen LogP contribution is 2.27. The molecule has 1 heterocycles. The third-order valence-electron chi connectivity index (χ3n) is 3.86. The van der Waals surface area contributed by atoms with Crippen molar-refractivity contribution in [1.82, 2.24) is 10.3 Å². The molecule has 3 nitrogen and oxygen atoms in total. The molecule has 102 valence electrons. The van der Waals surface area contributed by atoms with Crippen LogP contribution >= 0.6 is 0 Å². The lowest BCUT2D eigenvalue weighted by molar-refractivity contribution is 0.321. The zero-order valence-corrected chi connectivity index (χ0v) is 11.7. The normalized spacial score (nSPS) is 19.0. The Morgan fingerprint density at radius 2 is 2.17 bits per heavy atom. The molecule has 1 fully saturated rings. The fraction of sp³-hybridized carbons (Fsp3) is 0.800. The summed E-state index contributed by atoms with van der Waals surface area (Å²) in [5, 5.41) is 3.41. The summed E-state index contributed by atoms with van der Waals surface area (Å²) in [6.07, 6.45) is 11.1. The summed E-state index contributed by atoms with van der Waals surface area (Å²) >= 11 is 0. The molecule has 1 aliphatic carbocycles. The predicted molar refractivity (Wildman–Crippen MR) is 73.5 cm³/mol. The van der Waals surface area contributed by atoms with Crippen LogP contribution in [0.25, 0.3) is 0 Å². The van der Waals surface area contributed by atoms with E-state index in [1.54, 1.807) is 0 Å². The molecule has 0 amide bonds. The molecule has 18 heavy (non-hydrogen) atoms. The fourth-order valence-electron chi connectivity index (χ4n) is 2.74. The van der Waals surface area contributed by atoms with Gasteiger partial charge in [0.25, 0.3) is 0 Å². The van der Waals surface area contributed by atoms with Gasteiger partial charge in [-0.1, -0.05) is 39.0 Å². The van der Waals surface area contributed by atoms with E-state index in [9.17, 15) is 0 Å². The molecular formula is C15H26N2O. The van der Waals surface area contributed by atoms with Crippen molar-refractivity contribution in [3.8, 4) is 0 Å². The molecule has 1 aliphatic rings. The van der Waals surface area contributed by atoms with Gasteiger partial charge in [0.15, 0.2) is 0 Å². The van der Waals surface area contributed by atoms with Crippen LogP contribution in [0.15, 0.2) is 10.6 Å². The van der Waals surface area contributed by atoms with Crippen molar-refractivity contribution in [2.75, 3.05) is 6.54 Å². The van der Waals surface area contributed by atoms with E-state index in [2.05, 4.69) is 24.1 Å². The number of nitrogens with zero attached hydrogens (tertiary/aromatic N) is 1. The summed E-state index contributed by atoms with van der Waals surface area (Å²) in [4.78, 5) is 4.41. The molecule has 3 heteroatoms. The van der Waals surface area contributed by atoms with Gasteiger partial charge in [0.05, 0.1) is 12.2 Å². The van der Waals surface area contributed by atoms with Crippen molar-refractivity contribution >= 4 is 0 Å². The standard InChI is InChI=1S/C15H26N2O/c1-3-9-16-12(2)15-17-11-14(18-15)10-13-7-5-4-6-8-13/h11-13,16H,3-10H2,1-2H3. The van der Waals surface area contributed by atoms with Gasteiger partial charge in [0, 0.05) is 6.42 Å². The van der Waals surface area contributed by atoms with Crippen molar-refractivity contribution in [1.29, 1.82) is 0 Å². The van der Waals surface area contributed by atoms with Gasteiger partial charge in [-0.2, -0.15) is 0 Å². The molecule has 2 rings (SSSR count). The average molecular weight is 250 g/mol. The van der Waals surface area contributed by atoms with E-state index in [-0.39, 0.29) is 6.04 Å². The maximum Gasteiger partial charge on any atom is 0.211 e. The van der Waals surface area contributed by atoms with Crippen molar-refractivity contribution in [3.05, 3.63) is 17.8 Å². The van der Waals surface area contributed by atoms with Crippen molar-refractivity contribution in [3.63, 3.8) is 0 Å². The number of nitrogens with one attached hydrogen (secondary N) is 1. The predicted octanol–water partition coefficient (Wildman–Crippen LogP) is 3.86. The Bertz CT molecular complexity index is 342. The molecule has 1 saturated carbocycles. The highest BCUT2D eigenvalue weighted by Gasteiger charge is 2.17.